The third-order valence-corrected chi connectivity index (χ3v) is 3.73. The Morgan fingerprint density at radius 1 is 1.33 bits per heavy atom. The molecule has 24 heavy (non-hydrogen) atoms. The van der Waals surface area contributed by atoms with E-state index in [-0.39, 0.29) is 5.57 Å². The van der Waals surface area contributed by atoms with Crippen molar-refractivity contribution in [1.29, 1.82) is 5.26 Å². The number of rotatable bonds is 6. The minimum atomic E-state index is -1.28. The quantitative estimate of drug-likeness (QED) is 0.597. The van der Waals surface area contributed by atoms with E-state index < -0.39 is 5.97 Å². The van der Waals surface area contributed by atoms with Crippen molar-refractivity contribution >= 4 is 28.0 Å². The minimum Gasteiger partial charge on any atom is -0.493 e. The summed E-state index contributed by atoms with van der Waals surface area (Å²) in [6.45, 7) is 0.365. The molecule has 0 saturated carbocycles. The SMILES string of the molecule is COc1cc(C=C(C#N)C(=O)O)cc(Br)c1OCc1ccccc1. The van der Waals surface area contributed by atoms with Gasteiger partial charge in [0.25, 0.3) is 0 Å². The molecule has 0 atom stereocenters. The monoisotopic (exact) mass is 387 g/mol. The molecule has 2 rings (SSSR count). The van der Waals surface area contributed by atoms with Crippen LogP contribution in [0.3, 0.4) is 0 Å². The molecular weight excluding hydrogens is 374 g/mol. The molecule has 6 heteroatoms. The van der Waals surface area contributed by atoms with Gasteiger partial charge >= 0.3 is 5.97 Å². The van der Waals surface area contributed by atoms with E-state index >= 15 is 0 Å². The Balaban J connectivity index is 2.31. The van der Waals surface area contributed by atoms with E-state index in [9.17, 15) is 4.79 Å². The largest absolute Gasteiger partial charge is 0.493 e. The highest BCUT2D eigenvalue weighted by Gasteiger charge is 2.13. The summed E-state index contributed by atoms with van der Waals surface area (Å²) < 4.78 is 11.7. The average Bonchev–Trinajstić information content (AvgIpc) is 2.58. The number of benzene rings is 2. The maximum atomic E-state index is 10.9. The van der Waals surface area contributed by atoms with E-state index in [1.165, 1.54) is 13.2 Å². The normalized spacial score (nSPS) is 10.8. The summed E-state index contributed by atoms with van der Waals surface area (Å²) in [4.78, 5) is 10.9. The van der Waals surface area contributed by atoms with Crippen LogP contribution in [0, 0.1) is 11.3 Å². The Hall–Kier alpha value is -2.78. The van der Waals surface area contributed by atoms with Gasteiger partial charge in [-0.2, -0.15) is 5.26 Å². The van der Waals surface area contributed by atoms with Crippen molar-refractivity contribution in [2.24, 2.45) is 0 Å². The van der Waals surface area contributed by atoms with Crippen LogP contribution in [0.1, 0.15) is 11.1 Å². The molecule has 0 unspecified atom stereocenters. The summed E-state index contributed by atoms with van der Waals surface area (Å²) >= 11 is 3.40. The standard InChI is InChI=1S/C18H14BrNO4/c1-23-16-9-13(7-14(10-20)18(21)22)8-15(19)17(16)24-11-12-5-3-2-4-6-12/h2-9H,11H2,1H3,(H,21,22). The molecule has 0 aliphatic carbocycles. The van der Waals surface area contributed by atoms with Gasteiger partial charge in [-0.15, -0.1) is 0 Å². The number of carboxylic acid groups (broad SMARTS) is 1. The van der Waals surface area contributed by atoms with Crippen LogP contribution >= 0.6 is 15.9 Å². The van der Waals surface area contributed by atoms with Gasteiger partial charge in [-0.3, -0.25) is 0 Å². The number of halogens is 1. The van der Waals surface area contributed by atoms with Crippen LogP contribution in [-0.4, -0.2) is 18.2 Å². The first-order valence-corrected chi connectivity index (χ1v) is 7.73. The Morgan fingerprint density at radius 2 is 2.04 bits per heavy atom. The molecule has 0 saturated heterocycles. The van der Waals surface area contributed by atoms with E-state index in [1.54, 1.807) is 18.2 Å². The summed E-state index contributed by atoms with van der Waals surface area (Å²) in [5, 5.41) is 17.8. The molecule has 5 nitrogen and oxygen atoms in total. The van der Waals surface area contributed by atoms with Crippen molar-refractivity contribution in [3.63, 3.8) is 0 Å². The fourth-order valence-corrected chi connectivity index (χ4v) is 2.58. The van der Waals surface area contributed by atoms with Crippen LogP contribution in [0.5, 0.6) is 11.5 Å². The minimum absolute atomic E-state index is 0.359. The van der Waals surface area contributed by atoms with Gasteiger partial charge in [0.2, 0.25) is 0 Å². The molecule has 0 aliphatic rings. The number of hydrogen-bond donors (Lipinski definition) is 1. The van der Waals surface area contributed by atoms with Crippen molar-refractivity contribution in [2.45, 2.75) is 6.61 Å². The van der Waals surface area contributed by atoms with E-state index in [4.69, 9.17) is 19.8 Å². The molecule has 2 aromatic carbocycles. The number of carbonyl (C=O) groups is 1. The summed E-state index contributed by atoms with van der Waals surface area (Å²) in [6.07, 6.45) is 1.27. The topological polar surface area (TPSA) is 79.5 Å². The van der Waals surface area contributed by atoms with E-state index in [0.717, 1.165) is 5.56 Å². The van der Waals surface area contributed by atoms with E-state index in [0.29, 0.717) is 28.1 Å². The highest BCUT2D eigenvalue weighted by Crippen LogP contribution is 2.37. The molecule has 0 aliphatic heterocycles. The zero-order chi connectivity index (χ0) is 17.5. The van der Waals surface area contributed by atoms with Crippen molar-refractivity contribution in [2.75, 3.05) is 7.11 Å². The van der Waals surface area contributed by atoms with E-state index in [1.807, 2.05) is 30.3 Å². The molecule has 2 aromatic rings. The number of carboxylic acids is 1. The lowest BCUT2D eigenvalue weighted by Gasteiger charge is -2.13. The second-order valence-corrected chi connectivity index (χ2v) is 5.64. The Bertz CT molecular complexity index is 810. The molecule has 1 N–H and O–H groups in total. The van der Waals surface area contributed by atoms with Crippen molar-refractivity contribution in [3.8, 4) is 17.6 Å². The average molecular weight is 388 g/mol. The Labute approximate surface area is 147 Å². The second kappa shape index (κ2) is 8.18. The molecule has 0 radical (unpaired) electrons. The van der Waals surface area contributed by atoms with Gasteiger partial charge in [-0.25, -0.2) is 4.79 Å². The predicted octanol–water partition coefficient (Wildman–Crippen LogP) is 4.03. The highest BCUT2D eigenvalue weighted by atomic mass is 79.9. The van der Waals surface area contributed by atoms with Crippen molar-refractivity contribution < 1.29 is 19.4 Å². The summed E-state index contributed by atoms with van der Waals surface area (Å²) in [6, 6.07) is 14.6. The first-order valence-electron chi connectivity index (χ1n) is 6.94. The van der Waals surface area contributed by atoms with Crippen LogP contribution in [-0.2, 0) is 11.4 Å². The third kappa shape index (κ3) is 4.37. The zero-order valence-electron chi connectivity index (χ0n) is 12.8. The summed E-state index contributed by atoms with van der Waals surface area (Å²) in [7, 11) is 1.49. The lowest BCUT2D eigenvalue weighted by Crippen LogP contribution is -2.00. The van der Waals surface area contributed by atoms with Crippen molar-refractivity contribution in [1.82, 2.24) is 0 Å². The van der Waals surface area contributed by atoms with Gasteiger partial charge in [0.15, 0.2) is 11.5 Å². The van der Waals surface area contributed by atoms with Gasteiger partial charge < -0.3 is 14.6 Å². The lowest BCUT2D eigenvalue weighted by atomic mass is 10.1. The Kier molecular flexibility index (Phi) is 5.99. The van der Waals surface area contributed by atoms with Crippen molar-refractivity contribution in [3.05, 3.63) is 63.6 Å². The van der Waals surface area contributed by atoms with Gasteiger partial charge in [-0.1, -0.05) is 30.3 Å². The maximum Gasteiger partial charge on any atom is 0.346 e. The van der Waals surface area contributed by atoms with Crippen LogP contribution in [0.15, 0.2) is 52.5 Å². The molecular formula is C18H14BrNO4. The number of methoxy groups -OCH3 is 1. The maximum absolute atomic E-state index is 10.9. The first kappa shape index (κ1) is 17.6. The molecule has 0 bridgehead atoms. The van der Waals surface area contributed by atoms with Crippen LogP contribution in [0.25, 0.3) is 6.08 Å². The molecule has 0 amide bonds. The van der Waals surface area contributed by atoms with Gasteiger partial charge in [0.05, 0.1) is 11.6 Å². The predicted molar refractivity (Wildman–Crippen MR) is 92.7 cm³/mol. The van der Waals surface area contributed by atoms with Gasteiger partial charge in [0, 0.05) is 0 Å². The molecule has 0 aromatic heterocycles. The highest BCUT2D eigenvalue weighted by molar-refractivity contribution is 9.10. The van der Waals surface area contributed by atoms with Gasteiger partial charge in [0.1, 0.15) is 18.2 Å². The molecule has 0 spiro atoms. The number of nitriles is 1. The van der Waals surface area contributed by atoms with Crippen LogP contribution in [0.4, 0.5) is 0 Å². The van der Waals surface area contributed by atoms with E-state index in [2.05, 4.69) is 15.9 Å². The second-order valence-electron chi connectivity index (χ2n) is 4.78. The van der Waals surface area contributed by atoms with Crippen LogP contribution in [0.2, 0.25) is 0 Å². The fraction of sp³-hybridized carbons (Fsp3) is 0.111. The summed E-state index contributed by atoms with van der Waals surface area (Å²) in [5.41, 5.74) is 1.17. The fourth-order valence-electron chi connectivity index (χ4n) is 2.00. The zero-order valence-corrected chi connectivity index (χ0v) is 14.4. The third-order valence-electron chi connectivity index (χ3n) is 3.14. The smallest absolute Gasteiger partial charge is 0.346 e. The number of aliphatic carboxylic acids is 1. The van der Waals surface area contributed by atoms with Crippen LogP contribution < -0.4 is 9.47 Å². The Morgan fingerprint density at radius 3 is 2.62 bits per heavy atom. The number of ether oxygens (including phenoxy) is 2. The number of nitrogens with zero attached hydrogens (tertiary/aromatic N) is 1. The molecule has 122 valence electrons. The van der Waals surface area contributed by atoms with Gasteiger partial charge in [-0.05, 0) is 45.3 Å². The summed E-state index contributed by atoms with van der Waals surface area (Å²) in [5.74, 6) is -0.335. The first-order chi connectivity index (χ1) is 11.5. The molecule has 0 heterocycles. The lowest BCUT2D eigenvalue weighted by molar-refractivity contribution is -0.132. The molecule has 0 fully saturated rings. The number of hydrogen-bond acceptors (Lipinski definition) is 4.